The van der Waals surface area contributed by atoms with Gasteiger partial charge in [-0.1, -0.05) is 13.8 Å². The molecule has 2 aliphatic heterocycles. The van der Waals surface area contributed by atoms with Crippen molar-refractivity contribution >= 4 is 12.4 Å². The van der Waals surface area contributed by atoms with Gasteiger partial charge in [-0.25, -0.2) is 0 Å². The number of rotatable bonds is 3. The van der Waals surface area contributed by atoms with E-state index < -0.39 is 0 Å². The van der Waals surface area contributed by atoms with E-state index in [-0.39, 0.29) is 12.4 Å². The maximum absolute atomic E-state index is 3.45. The summed E-state index contributed by atoms with van der Waals surface area (Å²) in [6.45, 7) is 11.3. The summed E-state index contributed by atoms with van der Waals surface area (Å²) >= 11 is 0. The second kappa shape index (κ2) is 7.60. The van der Waals surface area contributed by atoms with Crippen LogP contribution in [0.5, 0.6) is 0 Å². The second-order valence-corrected chi connectivity index (χ2v) is 6.19. The van der Waals surface area contributed by atoms with Crippen LogP contribution < -0.4 is 5.32 Å². The molecule has 0 saturated carbocycles. The van der Waals surface area contributed by atoms with Crippen molar-refractivity contribution in [2.45, 2.75) is 39.5 Å². The molecule has 3 heteroatoms. The van der Waals surface area contributed by atoms with Gasteiger partial charge in [0, 0.05) is 13.1 Å². The number of likely N-dealkylation sites (tertiary alicyclic amines) is 1. The molecular formula is C14H29ClN2. The lowest BCUT2D eigenvalue weighted by Crippen LogP contribution is -2.40. The number of hydrogen-bond acceptors (Lipinski definition) is 2. The minimum absolute atomic E-state index is 0. The van der Waals surface area contributed by atoms with E-state index in [9.17, 15) is 0 Å². The standard InChI is InChI=1S/C14H28N2.ClH/c1-12-9-13(2)11-16(10-12)8-5-14-3-6-15-7-4-14;/h12-15H,3-11H2,1-2H3;1H. The molecule has 2 nitrogen and oxygen atoms in total. The van der Waals surface area contributed by atoms with Crippen LogP contribution in [0.1, 0.15) is 39.5 Å². The Morgan fingerprint density at radius 2 is 1.65 bits per heavy atom. The van der Waals surface area contributed by atoms with Crippen LogP contribution in [0.2, 0.25) is 0 Å². The van der Waals surface area contributed by atoms with Crippen molar-refractivity contribution in [2.24, 2.45) is 17.8 Å². The monoisotopic (exact) mass is 260 g/mol. The molecule has 0 aliphatic carbocycles. The van der Waals surface area contributed by atoms with Gasteiger partial charge >= 0.3 is 0 Å². The molecule has 2 unspecified atom stereocenters. The third-order valence-corrected chi connectivity index (χ3v) is 4.26. The van der Waals surface area contributed by atoms with Crippen molar-refractivity contribution in [1.29, 1.82) is 0 Å². The number of halogens is 1. The highest BCUT2D eigenvalue weighted by molar-refractivity contribution is 5.85. The van der Waals surface area contributed by atoms with E-state index >= 15 is 0 Å². The summed E-state index contributed by atoms with van der Waals surface area (Å²) in [4.78, 5) is 2.71. The smallest absolute Gasteiger partial charge is 0.000724 e. The Labute approximate surface area is 113 Å². The topological polar surface area (TPSA) is 15.3 Å². The van der Waals surface area contributed by atoms with Crippen LogP contribution in [-0.2, 0) is 0 Å². The minimum Gasteiger partial charge on any atom is -0.317 e. The fraction of sp³-hybridized carbons (Fsp3) is 1.00. The van der Waals surface area contributed by atoms with Crippen LogP contribution in [0.15, 0.2) is 0 Å². The molecule has 0 spiro atoms. The molecule has 17 heavy (non-hydrogen) atoms. The van der Waals surface area contributed by atoms with Crippen molar-refractivity contribution in [2.75, 3.05) is 32.7 Å². The summed E-state index contributed by atoms with van der Waals surface area (Å²) in [7, 11) is 0. The van der Waals surface area contributed by atoms with Gasteiger partial charge < -0.3 is 10.2 Å². The lowest BCUT2D eigenvalue weighted by atomic mass is 9.90. The summed E-state index contributed by atoms with van der Waals surface area (Å²) in [6.07, 6.45) is 5.67. The predicted octanol–water partition coefficient (Wildman–Crippen LogP) is 2.78. The Hall–Kier alpha value is 0.210. The van der Waals surface area contributed by atoms with Gasteiger partial charge in [0.25, 0.3) is 0 Å². The first-order valence-electron chi connectivity index (χ1n) is 7.17. The van der Waals surface area contributed by atoms with Gasteiger partial charge in [-0.3, -0.25) is 0 Å². The van der Waals surface area contributed by atoms with E-state index in [2.05, 4.69) is 24.1 Å². The minimum atomic E-state index is 0. The zero-order valence-corrected chi connectivity index (χ0v) is 12.3. The average molecular weight is 261 g/mol. The normalized spacial score (nSPS) is 32.1. The predicted molar refractivity (Wildman–Crippen MR) is 76.8 cm³/mol. The van der Waals surface area contributed by atoms with Crippen molar-refractivity contribution in [3.8, 4) is 0 Å². The highest BCUT2D eigenvalue weighted by atomic mass is 35.5. The van der Waals surface area contributed by atoms with Crippen LogP contribution in [0, 0.1) is 17.8 Å². The fourth-order valence-corrected chi connectivity index (χ4v) is 3.51. The Morgan fingerprint density at radius 3 is 2.24 bits per heavy atom. The van der Waals surface area contributed by atoms with Crippen LogP contribution in [-0.4, -0.2) is 37.6 Å². The zero-order chi connectivity index (χ0) is 11.4. The molecule has 0 bridgehead atoms. The first-order valence-corrected chi connectivity index (χ1v) is 7.17. The molecule has 0 amide bonds. The van der Waals surface area contributed by atoms with E-state index in [1.807, 2.05) is 0 Å². The first kappa shape index (κ1) is 15.3. The molecular weight excluding hydrogens is 232 g/mol. The van der Waals surface area contributed by atoms with Crippen LogP contribution in [0.3, 0.4) is 0 Å². The maximum Gasteiger partial charge on any atom is 0.000724 e. The third kappa shape index (κ3) is 5.15. The van der Waals surface area contributed by atoms with Crippen LogP contribution >= 0.6 is 12.4 Å². The molecule has 0 aromatic carbocycles. The third-order valence-electron chi connectivity index (χ3n) is 4.26. The highest BCUT2D eigenvalue weighted by Gasteiger charge is 2.22. The molecule has 2 fully saturated rings. The van der Waals surface area contributed by atoms with Crippen molar-refractivity contribution < 1.29 is 0 Å². The molecule has 2 heterocycles. The molecule has 102 valence electrons. The van der Waals surface area contributed by atoms with Gasteiger partial charge in [0.2, 0.25) is 0 Å². The van der Waals surface area contributed by atoms with E-state index in [4.69, 9.17) is 0 Å². The maximum atomic E-state index is 3.45. The largest absolute Gasteiger partial charge is 0.317 e. The lowest BCUT2D eigenvalue weighted by molar-refractivity contribution is 0.130. The van der Waals surface area contributed by atoms with E-state index in [1.54, 1.807) is 0 Å². The quantitative estimate of drug-likeness (QED) is 0.840. The Kier molecular flexibility index (Phi) is 6.83. The molecule has 2 saturated heterocycles. The van der Waals surface area contributed by atoms with Crippen LogP contribution in [0.4, 0.5) is 0 Å². The summed E-state index contributed by atoms with van der Waals surface area (Å²) < 4.78 is 0. The van der Waals surface area contributed by atoms with E-state index in [1.165, 1.54) is 58.4 Å². The van der Waals surface area contributed by atoms with Crippen molar-refractivity contribution in [1.82, 2.24) is 10.2 Å². The molecule has 0 aromatic rings. The number of piperidine rings is 2. The fourth-order valence-electron chi connectivity index (χ4n) is 3.51. The zero-order valence-electron chi connectivity index (χ0n) is 11.5. The molecule has 1 N–H and O–H groups in total. The number of nitrogens with one attached hydrogen (secondary N) is 1. The summed E-state index contributed by atoms with van der Waals surface area (Å²) in [5, 5.41) is 3.45. The lowest BCUT2D eigenvalue weighted by Gasteiger charge is -2.36. The second-order valence-electron chi connectivity index (χ2n) is 6.19. The highest BCUT2D eigenvalue weighted by Crippen LogP contribution is 2.23. The summed E-state index contributed by atoms with van der Waals surface area (Å²) in [6, 6.07) is 0. The first-order chi connectivity index (χ1) is 7.74. The molecule has 0 aromatic heterocycles. The van der Waals surface area contributed by atoms with E-state index in [0.717, 1.165) is 17.8 Å². The SMILES string of the molecule is CC1CC(C)CN(CCC2CCNCC2)C1.Cl. The number of nitrogens with zero attached hydrogens (tertiary/aromatic N) is 1. The van der Waals surface area contributed by atoms with Gasteiger partial charge in [-0.05, 0) is 63.1 Å². The Balaban J connectivity index is 0.00000144. The van der Waals surface area contributed by atoms with Gasteiger partial charge in [0.15, 0.2) is 0 Å². The van der Waals surface area contributed by atoms with Gasteiger partial charge in [-0.15, -0.1) is 12.4 Å². The van der Waals surface area contributed by atoms with E-state index in [0.29, 0.717) is 0 Å². The molecule has 0 radical (unpaired) electrons. The van der Waals surface area contributed by atoms with Crippen LogP contribution in [0.25, 0.3) is 0 Å². The number of hydrogen-bond donors (Lipinski definition) is 1. The van der Waals surface area contributed by atoms with Gasteiger partial charge in [0.05, 0.1) is 0 Å². The average Bonchev–Trinajstić information content (AvgIpc) is 2.27. The summed E-state index contributed by atoms with van der Waals surface area (Å²) in [5.41, 5.74) is 0. The Bertz CT molecular complexity index is 194. The van der Waals surface area contributed by atoms with Gasteiger partial charge in [-0.2, -0.15) is 0 Å². The molecule has 2 aliphatic rings. The van der Waals surface area contributed by atoms with Crippen molar-refractivity contribution in [3.05, 3.63) is 0 Å². The Morgan fingerprint density at radius 1 is 1.06 bits per heavy atom. The molecule has 2 atom stereocenters. The molecule has 2 rings (SSSR count). The van der Waals surface area contributed by atoms with Crippen molar-refractivity contribution in [3.63, 3.8) is 0 Å². The summed E-state index contributed by atoms with van der Waals surface area (Å²) in [5.74, 6) is 2.82. The van der Waals surface area contributed by atoms with Gasteiger partial charge in [0.1, 0.15) is 0 Å².